The summed E-state index contributed by atoms with van der Waals surface area (Å²) < 4.78 is 2.43. The molecule has 2 aromatic carbocycles. The van der Waals surface area contributed by atoms with Gasteiger partial charge in [0.1, 0.15) is 6.54 Å². The zero-order valence-corrected chi connectivity index (χ0v) is 19.7. The molecule has 0 bridgehead atoms. The van der Waals surface area contributed by atoms with E-state index >= 15 is 0 Å². The molecule has 1 heterocycles. The number of benzene rings is 2. The van der Waals surface area contributed by atoms with Crippen LogP contribution in [0.3, 0.4) is 0 Å². The minimum absolute atomic E-state index is 0.151. The second-order valence-electron chi connectivity index (χ2n) is 8.77. The Balaban J connectivity index is 1.75. The van der Waals surface area contributed by atoms with E-state index in [2.05, 4.69) is 36.5 Å². The smallest absolute Gasteiger partial charge is 0.331 e. The Morgan fingerprint density at radius 1 is 0.939 bits per heavy atom. The van der Waals surface area contributed by atoms with E-state index < -0.39 is 11.2 Å². The first-order valence-electron chi connectivity index (χ1n) is 11.6. The van der Waals surface area contributed by atoms with Gasteiger partial charge in [-0.25, -0.2) is 4.79 Å². The molecule has 0 radical (unpaired) electrons. The molecule has 1 aromatic heterocycles. The third-order valence-electron chi connectivity index (χ3n) is 5.78. The first-order valence-corrected chi connectivity index (χ1v) is 11.6. The highest BCUT2D eigenvalue weighted by atomic mass is 16.2. The molecule has 0 aliphatic rings. The molecule has 6 heteroatoms. The molecular formula is C27H33N3O3. The molecule has 3 aromatic rings. The molecule has 174 valence electrons. The number of nitrogens with one attached hydrogen (secondary N) is 1. The molecule has 1 amide bonds. The summed E-state index contributed by atoms with van der Waals surface area (Å²) in [7, 11) is 0. The first kappa shape index (κ1) is 24.2. The van der Waals surface area contributed by atoms with Gasteiger partial charge >= 0.3 is 5.69 Å². The van der Waals surface area contributed by atoms with Gasteiger partial charge in [-0.2, -0.15) is 0 Å². The van der Waals surface area contributed by atoms with Crippen molar-refractivity contribution in [2.24, 2.45) is 5.92 Å². The summed E-state index contributed by atoms with van der Waals surface area (Å²) in [6, 6.07) is 19.0. The number of amides is 1. The predicted molar refractivity (Wildman–Crippen MR) is 131 cm³/mol. The maximum atomic E-state index is 12.9. The maximum Gasteiger partial charge on any atom is 0.331 e. The number of carbonyl (C=O) groups excluding carboxylic acids is 1. The van der Waals surface area contributed by atoms with E-state index in [0.717, 1.165) is 35.0 Å². The Labute approximate surface area is 194 Å². The number of carbonyl (C=O) groups is 1. The van der Waals surface area contributed by atoms with Gasteiger partial charge in [0, 0.05) is 12.3 Å². The van der Waals surface area contributed by atoms with Gasteiger partial charge in [0.05, 0.1) is 12.6 Å². The number of hydrogen-bond donors (Lipinski definition) is 1. The molecule has 0 saturated carbocycles. The second kappa shape index (κ2) is 11.5. The summed E-state index contributed by atoms with van der Waals surface area (Å²) in [6.45, 7) is 6.27. The van der Waals surface area contributed by atoms with Gasteiger partial charge in [0.15, 0.2) is 0 Å². The number of hydrogen-bond acceptors (Lipinski definition) is 3. The highest BCUT2D eigenvalue weighted by Gasteiger charge is 2.19. The van der Waals surface area contributed by atoms with Crippen molar-refractivity contribution in [3.8, 4) is 0 Å². The van der Waals surface area contributed by atoms with Crippen LogP contribution in [0.1, 0.15) is 56.3 Å². The van der Waals surface area contributed by atoms with Crippen LogP contribution in [-0.2, 0) is 24.3 Å². The topological polar surface area (TPSA) is 73.1 Å². The van der Waals surface area contributed by atoms with Gasteiger partial charge in [-0.15, -0.1) is 0 Å². The van der Waals surface area contributed by atoms with Crippen LogP contribution in [0.2, 0.25) is 0 Å². The SMILES string of the molecule is CCCCc1ccc(C(NC(=O)Cn2c(=O)ccn(Cc3ccccc3)c2=O)C(C)C)cc1. The van der Waals surface area contributed by atoms with Crippen LogP contribution < -0.4 is 16.6 Å². The number of aryl methyl sites for hydroxylation is 1. The number of aromatic nitrogens is 2. The Bertz CT molecular complexity index is 1160. The van der Waals surface area contributed by atoms with Gasteiger partial charge in [-0.3, -0.25) is 18.7 Å². The van der Waals surface area contributed by atoms with Crippen molar-refractivity contribution in [3.05, 3.63) is 104 Å². The fourth-order valence-corrected chi connectivity index (χ4v) is 3.87. The van der Waals surface area contributed by atoms with Crippen LogP contribution in [0, 0.1) is 5.92 Å². The van der Waals surface area contributed by atoms with Gasteiger partial charge in [-0.05, 0) is 35.4 Å². The third-order valence-corrected chi connectivity index (χ3v) is 5.78. The molecule has 1 atom stereocenters. The number of nitrogens with zero attached hydrogens (tertiary/aromatic N) is 2. The molecule has 3 rings (SSSR count). The minimum atomic E-state index is -0.497. The largest absolute Gasteiger partial charge is 0.347 e. The highest BCUT2D eigenvalue weighted by molar-refractivity contribution is 5.76. The quantitative estimate of drug-likeness (QED) is 0.512. The maximum absolute atomic E-state index is 12.9. The monoisotopic (exact) mass is 447 g/mol. The van der Waals surface area contributed by atoms with E-state index in [-0.39, 0.29) is 24.4 Å². The molecule has 0 aliphatic heterocycles. The highest BCUT2D eigenvalue weighted by Crippen LogP contribution is 2.22. The molecule has 0 aliphatic carbocycles. The van der Waals surface area contributed by atoms with Crippen molar-refractivity contribution in [2.45, 2.75) is 59.2 Å². The third kappa shape index (κ3) is 6.54. The minimum Gasteiger partial charge on any atom is -0.347 e. The Hall–Kier alpha value is -3.41. The lowest BCUT2D eigenvalue weighted by Crippen LogP contribution is -2.44. The van der Waals surface area contributed by atoms with Gasteiger partial charge in [-0.1, -0.05) is 81.8 Å². The zero-order valence-electron chi connectivity index (χ0n) is 19.7. The summed E-state index contributed by atoms with van der Waals surface area (Å²) in [4.78, 5) is 38.1. The van der Waals surface area contributed by atoms with Gasteiger partial charge in [0.25, 0.3) is 5.56 Å². The van der Waals surface area contributed by atoms with Gasteiger partial charge < -0.3 is 5.32 Å². The summed E-state index contributed by atoms with van der Waals surface area (Å²) in [5.74, 6) is -0.210. The summed E-state index contributed by atoms with van der Waals surface area (Å²) in [5, 5.41) is 3.02. The molecule has 0 spiro atoms. The van der Waals surface area contributed by atoms with Crippen LogP contribution in [0.25, 0.3) is 0 Å². The molecule has 6 nitrogen and oxygen atoms in total. The lowest BCUT2D eigenvalue weighted by atomic mass is 9.94. The van der Waals surface area contributed by atoms with E-state index in [1.807, 2.05) is 44.2 Å². The van der Waals surface area contributed by atoms with Crippen LogP contribution in [0.4, 0.5) is 0 Å². The lowest BCUT2D eigenvalue weighted by Gasteiger charge is -2.23. The fraction of sp³-hybridized carbons (Fsp3) is 0.370. The average Bonchev–Trinajstić information content (AvgIpc) is 2.81. The standard InChI is InChI=1S/C27H33N3O3/c1-4-5-9-21-12-14-23(15-13-21)26(20(2)3)28-24(31)19-30-25(32)16-17-29(27(30)33)18-22-10-7-6-8-11-22/h6-8,10-17,20,26H,4-5,9,18-19H2,1-3H3,(H,28,31). The van der Waals surface area contributed by atoms with Crippen LogP contribution in [0.15, 0.2) is 76.4 Å². The Kier molecular flexibility index (Phi) is 8.41. The van der Waals surface area contributed by atoms with Crippen molar-refractivity contribution in [1.82, 2.24) is 14.5 Å². The Morgan fingerprint density at radius 3 is 2.27 bits per heavy atom. The second-order valence-corrected chi connectivity index (χ2v) is 8.77. The predicted octanol–water partition coefficient (Wildman–Crippen LogP) is 3.91. The average molecular weight is 448 g/mol. The summed E-state index contributed by atoms with van der Waals surface area (Å²) in [6.07, 6.45) is 4.82. The molecule has 0 saturated heterocycles. The number of unbranched alkanes of at least 4 members (excludes halogenated alkanes) is 1. The van der Waals surface area contributed by atoms with E-state index in [0.29, 0.717) is 6.54 Å². The summed E-state index contributed by atoms with van der Waals surface area (Å²) >= 11 is 0. The van der Waals surface area contributed by atoms with E-state index in [1.165, 1.54) is 22.4 Å². The van der Waals surface area contributed by atoms with E-state index in [9.17, 15) is 14.4 Å². The summed E-state index contributed by atoms with van der Waals surface area (Å²) in [5.41, 5.74) is 2.25. The molecule has 1 unspecified atom stereocenters. The lowest BCUT2D eigenvalue weighted by molar-refractivity contribution is -0.122. The van der Waals surface area contributed by atoms with Crippen molar-refractivity contribution in [2.75, 3.05) is 0 Å². The molecule has 1 N–H and O–H groups in total. The Morgan fingerprint density at radius 2 is 1.64 bits per heavy atom. The van der Waals surface area contributed by atoms with Crippen molar-refractivity contribution in [1.29, 1.82) is 0 Å². The van der Waals surface area contributed by atoms with Crippen molar-refractivity contribution < 1.29 is 4.79 Å². The molecular weight excluding hydrogens is 414 g/mol. The molecule has 33 heavy (non-hydrogen) atoms. The zero-order chi connectivity index (χ0) is 23.8. The first-order chi connectivity index (χ1) is 15.9. The van der Waals surface area contributed by atoms with Crippen LogP contribution in [0.5, 0.6) is 0 Å². The van der Waals surface area contributed by atoms with Crippen molar-refractivity contribution >= 4 is 5.91 Å². The normalized spacial score (nSPS) is 12.0. The number of rotatable bonds is 10. The van der Waals surface area contributed by atoms with Crippen LogP contribution >= 0.6 is 0 Å². The van der Waals surface area contributed by atoms with Crippen LogP contribution in [-0.4, -0.2) is 15.0 Å². The van der Waals surface area contributed by atoms with E-state index in [1.54, 1.807) is 0 Å². The van der Waals surface area contributed by atoms with Crippen molar-refractivity contribution in [3.63, 3.8) is 0 Å². The fourth-order valence-electron chi connectivity index (χ4n) is 3.87. The van der Waals surface area contributed by atoms with E-state index in [4.69, 9.17) is 0 Å². The molecule has 0 fully saturated rings. The van der Waals surface area contributed by atoms with Gasteiger partial charge in [0.2, 0.25) is 5.91 Å².